The van der Waals surface area contributed by atoms with Gasteiger partial charge in [0.25, 0.3) is 10.0 Å². The summed E-state index contributed by atoms with van der Waals surface area (Å²) in [5.74, 6) is -51.5. The highest BCUT2D eigenvalue weighted by atomic mass is 32.2. The van der Waals surface area contributed by atoms with Crippen LogP contribution in [0.25, 0.3) is 0 Å². The van der Waals surface area contributed by atoms with Crippen LogP contribution in [0.3, 0.4) is 0 Å². The molecule has 0 saturated carbocycles. The van der Waals surface area contributed by atoms with Crippen molar-refractivity contribution in [1.29, 1.82) is 0 Å². The van der Waals surface area contributed by atoms with E-state index < -0.39 is 95.2 Å². The third kappa shape index (κ3) is 6.88. The van der Waals surface area contributed by atoms with Gasteiger partial charge in [-0.2, -0.15) is 86.8 Å². The number of hydrogen-bond acceptors (Lipinski definition) is 6. The van der Waals surface area contributed by atoms with Crippen molar-refractivity contribution in [2.24, 2.45) is 0 Å². The summed E-state index contributed by atoms with van der Waals surface area (Å²) < 4.78 is 256. The second-order valence-electron chi connectivity index (χ2n) is 7.17. The number of phosphoric acid groups is 1. The van der Waals surface area contributed by atoms with E-state index in [0.29, 0.717) is 0 Å². The van der Waals surface area contributed by atoms with Crippen molar-refractivity contribution in [1.82, 2.24) is 4.31 Å². The van der Waals surface area contributed by atoms with Crippen LogP contribution in [-0.4, -0.2) is 79.3 Å². The average molecular weight is 680 g/mol. The summed E-state index contributed by atoms with van der Waals surface area (Å²) in [6.07, 6.45) is -8.39. The first-order chi connectivity index (χ1) is 17.0. The van der Waals surface area contributed by atoms with Gasteiger partial charge in [0, 0.05) is 6.54 Å². The summed E-state index contributed by atoms with van der Waals surface area (Å²) in [6.45, 7) is -2.22. The SMILES string of the molecule is CCCN(CC[NH3+])S(=O)(=O)C(F)(F)C(F)(F)C(F)(F)C(F)(F)C(F)(F)C(F)(F)C(F)(F)C(F)(F)F.O=P([O-])([O-])[O-]. The molecule has 0 aliphatic heterocycles. The molecule has 0 heterocycles. The Morgan fingerprint density at radius 2 is 0.900 bits per heavy atom. The molecule has 244 valence electrons. The summed E-state index contributed by atoms with van der Waals surface area (Å²) in [6, 6.07) is 0. The molecule has 0 aliphatic rings. The molecule has 0 unspecified atom stereocenters. The van der Waals surface area contributed by atoms with Gasteiger partial charge in [-0.25, -0.2) is 8.42 Å². The normalized spacial score (nSPS) is 15.7. The zero-order valence-corrected chi connectivity index (χ0v) is 20.4. The van der Waals surface area contributed by atoms with Gasteiger partial charge in [0.05, 0.1) is 13.1 Å². The molecule has 0 amide bonds. The second-order valence-corrected chi connectivity index (χ2v) is 10.0. The lowest BCUT2D eigenvalue weighted by Crippen LogP contribution is -2.75. The van der Waals surface area contributed by atoms with Crippen molar-refractivity contribution in [3.8, 4) is 0 Å². The highest BCUT2D eigenvalue weighted by molar-refractivity contribution is 7.90. The number of rotatable bonds is 12. The molecule has 0 saturated heterocycles. The predicted molar refractivity (Wildman–Crippen MR) is 86.8 cm³/mol. The van der Waals surface area contributed by atoms with Crippen molar-refractivity contribution >= 4 is 17.8 Å². The van der Waals surface area contributed by atoms with Crippen LogP contribution >= 0.6 is 7.82 Å². The summed E-state index contributed by atoms with van der Waals surface area (Å²) in [4.78, 5) is 25.6. The third-order valence-electron chi connectivity index (χ3n) is 4.24. The average Bonchev–Trinajstić information content (AvgIpc) is 2.70. The molecule has 0 fully saturated rings. The maximum atomic E-state index is 14.0. The van der Waals surface area contributed by atoms with E-state index in [4.69, 9.17) is 19.2 Å². The second kappa shape index (κ2) is 11.8. The van der Waals surface area contributed by atoms with E-state index in [0.717, 1.165) is 6.92 Å². The molecule has 0 aromatic heterocycles. The number of alkyl halides is 17. The van der Waals surface area contributed by atoms with Crippen molar-refractivity contribution in [3.63, 3.8) is 0 Å². The van der Waals surface area contributed by atoms with Crippen LogP contribution in [0.2, 0.25) is 0 Å². The first-order valence-corrected chi connectivity index (χ1v) is 12.2. The van der Waals surface area contributed by atoms with Crippen molar-refractivity contribution in [3.05, 3.63) is 0 Å². The maximum absolute atomic E-state index is 14.0. The molecule has 0 radical (unpaired) electrons. The first kappa shape index (κ1) is 40.9. The van der Waals surface area contributed by atoms with Gasteiger partial charge < -0.3 is 25.0 Å². The van der Waals surface area contributed by atoms with E-state index in [9.17, 15) is 83.1 Å². The lowest BCUT2D eigenvalue weighted by Gasteiger charge is -2.43. The van der Waals surface area contributed by atoms with Gasteiger partial charge >= 0.3 is 47.0 Å². The molecule has 0 aromatic carbocycles. The minimum Gasteiger partial charge on any atom is -0.822 e. The van der Waals surface area contributed by atoms with Crippen LogP contribution in [0.4, 0.5) is 74.6 Å². The van der Waals surface area contributed by atoms with Crippen LogP contribution in [0, 0.1) is 0 Å². The quantitative estimate of drug-likeness (QED) is 0.243. The Bertz CT molecular complexity index is 1000. The molecular formula is C13H14F17N2O6PS-2. The standard InChI is InChI=1S/C13H13F17N2O2S.H3O4P/c1-2-4-32(5-3-31)35(33,34)13(29,30)11(24,25)9(20,21)7(16,17)6(14,15)8(18,19)10(22,23)12(26,27)28;1-5(2,3)4/h2-5,31H2,1H3;(H3,1,2,3,4)/p-2. The number of quaternary nitrogens is 1. The Labute approximate surface area is 211 Å². The topological polar surface area (TPSA) is 151 Å². The van der Waals surface area contributed by atoms with Gasteiger partial charge in [0.2, 0.25) is 0 Å². The predicted octanol–water partition coefficient (Wildman–Crippen LogP) is 1.41. The fraction of sp³-hybridized carbons (Fsp3) is 1.00. The van der Waals surface area contributed by atoms with E-state index in [1.165, 1.54) is 0 Å². The number of nitrogens with zero attached hydrogens (tertiary/aromatic N) is 1. The summed E-state index contributed by atoms with van der Waals surface area (Å²) >= 11 is 0. The molecule has 0 aromatic rings. The maximum Gasteiger partial charge on any atom is 0.460 e. The lowest BCUT2D eigenvalue weighted by atomic mass is 9.91. The number of sulfonamides is 1. The molecule has 40 heavy (non-hydrogen) atoms. The smallest absolute Gasteiger partial charge is 0.460 e. The minimum absolute atomic E-state index is 0.524. The fourth-order valence-electron chi connectivity index (χ4n) is 2.25. The Balaban J connectivity index is 0. The third-order valence-corrected chi connectivity index (χ3v) is 6.19. The highest BCUT2D eigenvalue weighted by Gasteiger charge is 2.96. The summed E-state index contributed by atoms with van der Waals surface area (Å²) in [5, 5.41) is -7.52. The van der Waals surface area contributed by atoms with Gasteiger partial charge in [-0.05, 0) is 6.42 Å². The van der Waals surface area contributed by atoms with Gasteiger partial charge in [-0.3, -0.25) is 0 Å². The van der Waals surface area contributed by atoms with E-state index in [1.807, 2.05) is 0 Å². The molecule has 0 bridgehead atoms. The van der Waals surface area contributed by atoms with E-state index >= 15 is 0 Å². The molecule has 0 atom stereocenters. The molecule has 0 rings (SSSR count). The first-order valence-electron chi connectivity index (χ1n) is 9.25. The van der Waals surface area contributed by atoms with Gasteiger partial charge in [0.1, 0.15) is 0 Å². The van der Waals surface area contributed by atoms with Crippen molar-refractivity contribution < 1.29 is 108 Å². The minimum atomic E-state index is -8.83. The molecule has 8 nitrogen and oxygen atoms in total. The van der Waals surface area contributed by atoms with Crippen LogP contribution in [-0.2, 0) is 14.6 Å². The summed E-state index contributed by atoms with van der Waals surface area (Å²) in [7, 11) is -12.6. The van der Waals surface area contributed by atoms with Gasteiger partial charge in [-0.15, -0.1) is 0 Å². The molecule has 3 N–H and O–H groups in total. The fourth-order valence-corrected chi connectivity index (χ4v) is 3.82. The lowest BCUT2D eigenvalue weighted by molar-refractivity contribution is -0.458. The summed E-state index contributed by atoms with van der Waals surface area (Å²) in [5.41, 5.74) is 2.90. The molecule has 27 heteroatoms. The van der Waals surface area contributed by atoms with Crippen LogP contribution in [0.15, 0.2) is 0 Å². The van der Waals surface area contributed by atoms with Gasteiger partial charge in [0.15, 0.2) is 0 Å². The van der Waals surface area contributed by atoms with Gasteiger partial charge in [-0.1, -0.05) is 6.92 Å². The highest BCUT2D eigenvalue weighted by Crippen LogP contribution is 2.64. The monoisotopic (exact) mass is 680 g/mol. The zero-order valence-electron chi connectivity index (χ0n) is 18.7. The Kier molecular flexibility index (Phi) is 12.1. The number of hydrogen-bond donors (Lipinski definition) is 1. The van der Waals surface area contributed by atoms with E-state index in [-0.39, 0.29) is 0 Å². The Morgan fingerprint density at radius 1 is 0.625 bits per heavy atom. The largest absolute Gasteiger partial charge is 0.822 e. The zero-order chi connectivity index (χ0) is 33.4. The molecule has 0 aliphatic carbocycles. The van der Waals surface area contributed by atoms with E-state index in [1.54, 1.807) is 0 Å². The van der Waals surface area contributed by atoms with Crippen molar-refractivity contribution in [2.75, 3.05) is 19.6 Å². The van der Waals surface area contributed by atoms with Crippen LogP contribution < -0.4 is 20.4 Å². The van der Waals surface area contributed by atoms with E-state index in [2.05, 4.69) is 5.73 Å². The Morgan fingerprint density at radius 3 is 1.15 bits per heavy atom. The van der Waals surface area contributed by atoms with Crippen LogP contribution in [0.5, 0.6) is 0 Å². The van der Waals surface area contributed by atoms with Crippen LogP contribution in [0.1, 0.15) is 13.3 Å². The molecule has 0 spiro atoms. The number of halogens is 17. The molecular weight excluding hydrogens is 666 g/mol. The Hall–Kier alpha value is -1.21. The van der Waals surface area contributed by atoms with Crippen molar-refractivity contribution in [2.45, 2.75) is 60.3 Å².